The van der Waals surface area contributed by atoms with Crippen LogP contribution in [-0.4, -0.2) is 21.8 Å². The molecule has 0 aromatic heterocycles. The SMILES string of the molecule is O=C(O)C(=O)c1c(F)cccc1[N+](=O)[O-]. The topological polar surface area (TPSA) is 97.5 Å². The van der Waals surface area contributed by atoms with Crippen molar-refractivity contribution in [2.75, 3.05) is 0 Å². The molecule has 78 valence electrons. The molecule has 0 radical (unpaired) electrons. The lowest BCUT2D eigenvalue weighted by Gasteiger charge is -1.99. The van der Waals surface area contributed by atoms with Crippen LogP contribution in [0.5, 0.6) is 0 Å². The standard InChI is InChI=1S/C8H4FNO5/c9-4-2-1-3-5(10(14)15)6(4)7(11)8(12)13/h1-3H,(H,12,13). The highest BCUT2D eigenvalue weighted by Gasteiger charge is 2.28. The summed E-state index contributed by atoms with van der Waals surface area (Å²) >= 11 is 0. The number of Topliss-reactive ketones (excluding diaryl/α,β-unsaturated/α-hetero) is 1. The molecule has 0 fully saturated rings. The molecule has 0 saturated heterocycles. The van der Waals surface area contributed by atoms with Crippen molar-refractivity contribution in [3.63, 3.8) is 0 Å². The molecule has 0 amide bonds. The lowest BCUT2D eigenvalue weighted by atomic mass is 10.1. The zero-order valence-electron chi connectivity index (χ0n) is 7.14. The predicted molar refractivity (Wildman–Crippen MR) is 45.0 cm³/mol. The number of benzene rings is 1. The van der Waals surface area contributed by atoms with Crippen LogP contribution in [0.4, 0.5) is 10.1 Å². The summed E-state index contributed by atoms with van der Waals surface area (Å²) in [6.07, 6.45) is 0. The van der Waals surface area contributed by atoms with Gasteiger partial charge in [0.25, 0.3) is 11.5 Å². The molecule has 0 heterocycles. The second-order valence-corrected chi connectivity index (χ2v) is 2.53. The summed E-state index contributed by atoms with van der Waals surface area (Å²) in [5, 5.41) is 18.7. The molecule has 0 saturated carbocycles. The Labute approximate surface area is 82.1 Å². The zero-order chi connectivity index (χ0) is 11.6. The van der Waals surface area contributed by atoms with Crippen molar-refractivity contribution in [3.05, 3.63) is 39.7 Å². The Balaban J connectivity index is 3.44. The summed E-state index contributed by atoms with van der Waals surface area (Å²) < 4.78 is 13.0. The van der Waals surface area contributed by atoms with E-state index in [9.17, 15) is 24.1 Å². The van der Waals surface area contributed by atoms with Gasteiger partial charge in [0.15, 0.2) is 0 Å². The normalized spacial score (nSPS) is 9.67. The molecule has 6 nitrogen and oxygen atoms in total. The van der Waals surface area contributed by atoms with Crippen LogP contribution >= 0.6 is 0 Å². The van der Waals surface area contributed by atoms with Crippen molar-refractivity contribution in [3.8, 4) is 0 Å². The predicted octanol–water partition coefficient (Wildman–Crippen LogP) is 1.00. The van der Waals surface area contributed by atoms with E-state index in [4.69, 9.17) is 5.11 Å². The van der Waals surface area contributed by atoms with Crippen LogP contribution in [0.15, 0.2) is 18.2 Å². The fourth-order valence-corrected chi connectivity index (χ4v) is 0.997. The maximum atomic E-state index is 13.0. The highest BCUT2D eigenvalue weighted by Crippen LogP contribution is 2.21. The number of nitrogens with zero attached hydrogens (tertiary/aromatic N) is 1. The number of hydrogen-bond donors (Lipinski definition) is 1. The van der Waals surface area contributed by atoms with Gasteiger partial charge in [-0.25, -0.2) is 9.18 Å². The summed E-state index contributed by atoms with van der Waals surface area (Å²) in [5.41, 5.74) is -1.89. The number of halogens is 1. The van der Waals surface area contributed by atoms with Gasteiger partial charge in [0, 0.05) is 6.07 Å². The van der Waals surface area contributed by atoms with Crippen LogP contribution in [-0.2, 0) is 4.79 Å². The van der Waals surface area contributed by atoms with Crippen LogP contribution in [0.1, 0.15) is 10.4 Å². The number of carbonyl (C=O) groups excluding carboxylic acids is 1. The molecule has 0 atom stereocenters. The van der Waals surface area contributed by atoms with Gasteiger partial charge in [-0.3, -0.25) is 14.9 Å². The Hall–Kier alpha value is -2.31. The monoisotopic (exact) mass is 213 g/mol. The molecule has 0 unspecified atom stereocenters. The molecule has 0 aliphatic heterocycles. The van der Waals surface area contributed by atoms with E-state index in [1.165, 1.54) is 0 Å². The van der Waals surface area contributed by atoms with Gasteiger partial charge in [0.2, 0.25) is 0 Å². The van der Waals surface area contributed by atoms with Crippen molar-refractivity contribution in [2.24, 2.45) is 0 Å². The van der Waals surface area contributed by atoms with Crippen LogP contribution in [0.3, 0.4) is 0 Å². The van der Waals surface area contributed by atoms with E-state index in [1.54, 1.807) is 0 Å². The molecule has 1 rings (SSSR count). The number of nitro groups is 1. The molecule has 1 N–H and O–H groups in total. The van der Waals surface area contributed by atoms with E-state index < -0.39 is 33.7 Å². The number of carbonyl (C=O) groups is 2. The fraction of sp³-hybridized carbons (Fsp3) is 0. The maximum Gasteiger partial charge on any atom is 0.377 e. The molecule has 1 aromatic rings. The van der Waals surface area contributed by atoms with Crippen LogP contribution in [0.2, 0.25) is 0 Å². The first kappa shape index (κ1) is 10.8. The van der Waals surface area contributed by atoms with Crippen molar-refractivity contribution >= 4 is 17.4 Å². The second-order valence-electron chi connectivity index (χ2n) is 2.53. The molecule has 1 aromatic carbocycles. The smallest absolute Gasteiger partial charge is 0.377 e. The minimum Gasteiger partial charge on any atom is -0.475 e. The average Bonchev–Trinajstić information content (AvgIpc) is 2.16. The number of ketones is 1. The van der Waals surface area contributed by atoms with Gasteiger partial charge in [0.05, 0.1) is 4.92 Å². The Kier molecular flexibility index (Phi) is 2.75. The van der Waals surface area contributed by atoms with E-state index in [0.717, 1.165) is 18.2 Å². The van der Waals surface area contributed by atoms with E-state index >= 15 is 0 Å². The van der Waals surface area contributed by atoms with Gasteiger partial charge in [-0.05, 0) is 6.07 Å². The summed E-state index contributed by atoms with van der Waals surface area (Å²) in [6, 6.07) is 2.66. The third kappa shape index (κ3) is 1.96. The van der Waals surface area contributed by atoms with Gasteiger partial charge in [-0.2, -0.15) is 0 Å². The second kappa shape index (κ2) is 3.82. The van der Waals surface area contributed by atoms with Crippen molar-refractivity contribution in [1.82, 2.24) is 0 Å². The zero-order valence-corrected chi connectivity index (χ0v) is 7.14. The van der Waals surface area contributed by atoms with Crippen molar-refractivity contribution < 1.29 is 24.0 Å². The molecular formula is C8H4FNO5. The van der Waals surface area contributed by atoms with E-state index in [0.29, 0.717) is 0 Å². The van der Waals surface area contributed by atoms with E-state index in [1.807, 2.05) is 0 Å². The van der Waals surface area contributed by atoms with Gasteiger partial charge in [-0.1, -0.05) is 6.07 Å². The number of rotatable bonds is 3. The molecular weight excluding hydrogens is 209 g/mol. The van der Waals surface area contributed by atoms with Gasteiger partial charge in [0.1, 0.15) is 11.4 Å². The summed E-state index contributed by atoms with van der Waals surface area (Å²) in [7, 11) is 0. The average molecular weight is 213 g/mol. The summed E-state index contributed by atoms with van der Waals surface area (Å²) in [4.78, 5) is 30.6. The number of nitro benzene ring substituents is 1. The highest BCUT2D eigenvalue weighted by atomic mass is 19.1. The summed E-state index contributed by atoms with van der Waals surface area (Å²) in [5.74, 6) is -4.81. The van der Waals surface area contributed by atoms with Gasteiger partial charge >= 0.3 is 5.97 Å². The summed E-state index contributed by atoms with van der Waals surface area (Å²) in [6.45, 7) is 0. The quantitative estimate of drug-likeness (QED) is 0.349. The highest BCUT2D eigenvalue weighted by molar-refractivity contribution is 6.40. The first-order valence-corrected chi connectivity index (χ1v) is 3.65. The fourth-order valence-electron chi connectivity index (χ4n) is 0.997. The third-order valence-electron chi connectivity index (χ3n) is 1.61. The Morgan fingerprint density at radius 1 is 1.40 bits per heavy atom. The Morgan fingerprint density at radius 2 is 2.00 bits per heavy atom. The van der Waals surface area contributed by atoms with Crippen molar-refractivity contribution in [1.29, 1.82) is 0 Å². The third-order valence-corrected chi connectivity index (χ3v) is 1.61. The Morgan fingerprint density at radius 3 is 2.47 bits per heavy atom. The number of aliphatic carboxylic acids is 1. The number of carboxylic acids is 1. The molecule has 15 heavy (non-hydrogen) atoms. The molecule has 0 spiro atoms. The van der Waals surface area contributed by atoms with E-state index in [-0.39, 0.29) is 0 Å². The number of carboxylic acid groups (broad SMARTS) is 1. The van der Waals surface area contributed by atoms with Gasteiger partial charge < -0.3 is 5.11 Å². The maximum absolute atomic E-state index is 13.0. The lowest BCUT2D eigenvalue weighted by molar-refractivity contribution is -0.385. The van der Waals surface area contributed by atoms with Crippen LogP contribution < -0.4 is 0 Å². The minimum atomic E-state index is -1.94. The van der Waals surface area contributed by atoms with Crippen LogP contribution in [0, 0.1) is 15.9 Å². The van der Waals surface area contributed by atoms with Gasteiger partial charge in [-0.15, -0.1) is 0 Å². The minimum absolute atomic E-state index is 0.781. The first-order valence-electron chi connectivity index (χ1n) is 3.65. The Bertz CT molecular complexity index is 456. The first-order chi connectivity index (χ1) is 6.95. The molecule has 0 aliphatic carbocycles. The molecule has 0 aliphatic rings. The molecule has 7 heteroatoms. The lowest BCUT2D eigenvalue weighted by Crippen LogP contribution is -2.16. The van der Waals surface area contributed by atoms with Crippen molar-refractivity contribution in [2.45, 2.75) is 0 Å². The number of hydrogen-bond acceptors (Lipinski definition) is 4. The van der Waals surface area contributed by atoms with Crippen LogP contribution in [0.25, 0.3) is 0 Å². The van der Waals surface area contributed by atoms with E-state index in [2.05, 4.69) is 0 Å². The molecule has 0 bridgehead atoms. The largest absolute Gasteiger partial charge is 0.475 e.